The van der Waals surface area contributed by atoms with Crippen molar-refractivity contribution >= 4 is 46.5 Å². The zero-order valence-corrected chi connectivity index (χ0v) is 23.3. The molecule has 36 heavy (non-hydrogen) atoms. The minimum absolute atomic E-state index is 0.0211. The Labute approximate surface area is 225 Å². The zero-order chi connectivity index (χ0) is 25.7. The van der Waals surface area contributed by atoms with Gasteiger partial charge in [-0.3, -0.25) is 14.2 Å². The molecule has 0 aliphatic carbocycles. The molecule has 10 heteroatoms. The molecule has 4 rings (SSSR count). The van der Waals surface area contributed by atoms with Crippen molar-refractivity contribution in [3.63, 3.8) is 0 Å². The number of benzene rings is 1. The van der Waals surface area contributed by atoms with Crippen LogP contribution in [0.3, 0.4) is 0 Å². The molecule has 1 atom stereocenters. The standard InChI is InChI=1S/C26H32ClN5O2S2/c1-19-17-30(13-14-31(19)24(34)26(2,3)18-27)22(33)12-8-16-36-25-29-28-23(21-11-7-15-35-21)32(25)20-9-5-4-6-10-20/h4-7,9-11,15,19H,8,12-14,16-18H2,1-3H3. The smallest absolute Gasteiger partial charge is 0.229 e. The predicted octanol–water partition coefficient (Wildman–Crippen LogP) is 5.19. The zero-order valence-electron chi connectivity index (χ0n) is 20.9. The number of alkyl halides is 1. The first kappa shape index (κ1) is 26.7. The van der Waals surface area contributed by atoms with Crippen LogP contribution >= 0.6 is 34.7 Å². The van der Waals surface area contributed by atoms with Gasteiger partial charge in [-0.15, -0.1) is 33.1 Å². The highest BCUT2D eigenvalue weighted by Crippen LogP contribution is 2.31. The van der Waals surface area contributed by atoms with E-state index in [-0.39, 0.29) is 23.7 Å². The Morgan fingerprint density at radius 2 is 1.92 bits per heavy atom. The van der Waals surface area contributed by atoms with Crippen molar-refractivity contribution in [2.75, 3.05) is 31.3 Å². The van der Waals surface area contributed by atoms with Crippen LogP contribution in [0.25, 0.3) is 16.4 Å². The van der Waals surface area contributed by atoms with Crippen LogP contribution < -0.4 is 0 Å². The maximum absolute atomic E-state index is 12.9. The molecule has 1 aliphatic heterocycles. The van der Waals surface area contributed by atoms with E-state index in [9.17, 15) is 9.59 Å². The van der Waals surface area contributed by atoms with E-state index in [4.69, 9.17) is 11.6 Å². The van der Waals surface area contributed by atoms with Crippen LogP contribution in [0.2, 0.25) is 0 Å². The summed E-state index contributed by atoms with van der Waals surface area (Å²) in [5.74, 6) is 2.06. The highest BCUT2D eigenvalue weighted by Gasteiger charge is 2.36. The summed E-state index contributed by atoms with van der Waals surface area (Å²) in [5, 5.41) is 11.8. The van der Waals surface area contributed by atoms with Gasteiger partial charge in [-0.25, -0.2) is 0 Å². The number of aromatic nitrogens is 3. The Morgan fingerprint density at radius 1 is 1.14 bits per heavy atom. The minimum Gasteiger partial charge on any atom is -0.339 e. The number of para-hydroxylation sites is 1. The molecule has 0 N–H and O–H groups in total. The summed E-state index contributed by atoms with van der Waals surface area (Å²) in [6, 6.07) is 14.1. The second-order valence-electron chi connectivity index (χ2n) is 9.61. The van der Waals surface area contributed by atoms with Crippen molar-refractivity contribution in [3.05, 3.63) is 47.8 Å². The molecule has 3 heterocycles. The van der Waals surface area contributed by atoms with Crippen LogP contribution in [0.1, 0.15) is 33.6 Å². The first-order valence-electron chi connectivity index (χ1n) is 12.1. The molecule has 2 amide bonds. The van der Waals surface area contributed by atoms with Crippen molar-refractivity contribution in [3.8, 4) is 16.4 Å². The van der Waals surface area contributed by atoms with Crippen LogP contribution in [0.5, 0.6) is 0 Å². The van der Waals surface area contributed by atoms with Gasteiger partial charge in [-0.2, -0.15) is 0 Å². The minimum atomic E-state index is -0.594. The van der Waals surface area contributed by atoms with Gasteiger partial charge in [0.2, 0.25) is 11.8 Å². The molecule has 1 unspecified atom stereocenters. The average molecular weight is 546 g/mol. The number of thioether (sulfide) groups is 1. The second-order valence-corrected chi connectivity index (χ2v) is 11.9. The molecule has 0 spiro atoms. The Kier molecular flexibility index (Phi) is 8.74. The molecule has 192 valence electrons. The number of hydrogen-bond donors (Lipinski definition) is 0. The molecular formula is C26H32ClN5O2S2. The van der Waals surface area contributed by atoms with Gasteiger partial charge in [0.1, 0.15) is 0 Å². The number of rotatable bonds is 9. The second kappa shape index (κ2) is 11.8. The number of piperazine rings is 1. The van der Waals surface area contributed by atoms with Crippen molar-refractivity contribution in [2.24, 2.45) is 5.41 Å². The number of thiophene rings is 1. The van der Waals surface area contributed by atoms with Gasteiger partial charge in [0.25, 0.3) is 0 Å². The molecule has 2 aromatic heterocycles. The van der Waals surface area contributed by atoms with Gasteiger partial charge in [0, 0.05) is 49.4 Å². The van der Waals surface area contributed by atoms with Gasteiger partial charge in [-0.1, -0.05) is 36.0 Å². The molecule has 1 saturated heterocycles. The summed E-state index contributed by atoms with van der Waals surface area (Å²) in [6.45, 7) is 7.40. The number of nitrogens with zero attached hydrogens (tertiary/aromatic N) is 5. The van der Waals surface area contributed by atoms with E-state index < -0.39 is 5.41 Å². The van der Waals surface area contributed by atoms with Crippen LogP contribution in [-0.2, 0) is 9.59 Å². The first-order chi connectivity index (χ1) is 17.3. The van der Waals surface area contributed by atoms with Gasteiger partial charge in [-0.05, 0) is 50.8 Å². The maximum atomic E-state index is 12.9. The van der Waals surface area contributed by atoms with E-state index in [1.54, 1.807) is 23.1 Å². The summed E-state index contributed by atoms with van der Waals surface area (Å²) >= 11 is 9.25. The lowest BCUT2D eigenvalue weighted by atomic mass is 9.93. The Morgan fingerprint density at radius 3 is 2.58 bits per heavy atom. The topological polar surface area (TPSA) is 71.3 Å². The van der Waals surface area contributed by atoms with Crippen LogP contribution in [0.15, 0.2) is 53.0 Å². The van der Waals surface area contributed by atoms with Gasteiger partial charge in [0.15, 0.2) is 11.0 Å². The van der Waals surface area contributed by atoms with E-state index in [2.05, 4.69) is 14.8 Å². The van der Waals surface area contributed by atoms with Crippen molar-refractivity contribution < 1.29 is 9.59 Å². The first-order valence-corrected chi connectivity index (χ1v) is 14.5. The van der Waals surface area contributed by atoms with Crippen LogP contribution in [0, 0.1) is 5.41 Å². The molecule has 1 aliphatic rings. The summed E-state index contributed by atoms with van der Waals surface area (Å²) in [6.07, 6.45) is 1.21. The third kappa shape index (κ3) is 5.95. The summed E-state index contributed by atoms with van der Waals surface area (Å²) in [4.78, 5) is 30.5. The number of carbonyl (C=O) groups excluding carboxylic acids is 2. The maximum Gasteiger partial charge on any atom is 0.229 e. The van der Waals surface area contributed by atoms with E-state index in [0.717, 1.165) is 33.7 Å². The molecule has 0 bridgehead atoms. The van der Waals surface area contributed by atoms with Crippen molar-refractivity contribution in [1.82, 2.24) is 24.6 Å². The number of amides is 2. The monoisotopic (exact) mass is 545 g/mol. The summed E-state index contributed by atoms with van der Waals surface area (Å²) in [5.41, 5.74) is 0.423. The highest BCUT2D eigenvalue weighted by molar-refractivity contribution is 7.99. The largest absolute Gasteiger partial charge is 0.339 e. The highest BCUT2D eigenvalue weighted by atomic mass is 35.5. The number of halogens is 1. The van der Waals surface area contributed by atoms with Crippen LogP contribution in [-0.4, -0.2) is 73.7 Å². The number of carbonyl (C=O) groups is 2. The van der Waals surface area contributed by atoms with E-state index in [1.165, 1.54) is 0 Å². The third-order valence-electron chi connectivity index (χ3n) is 6.31. The molecule has 0 saturated carbocycles. The molecule has 7 nitrogen and oxygen atoms in total. The molecule has 1 aromatic carbocycles. The molecule has 0 radical (unpaired) electrons. The van der Waals surface area contributed by atoms with E-state index in [0.29, 0.717) is 26.1 Å². The SMILES string of the molecule is CC1CN(C(=O)CCCSc2nnc(-c3cccs3)n2-c2ccccc2)CCN1C(=O)C(C)(C)CCl. The predicted molar refractivity (Wildman–Crippen MR) is 147 cm³/mol. The Balaban J connectivity index is 1.32. The molecule has 3 aromatic rings. The lowest BCUT2D eigenvalue weighted by Crippen LogP contribution is -2.58. The van der Waals surface area contributed by atoms with Gasteiger partial charge < -0.3 is 9.80 Å². The normalized spacial score (nSPS) is 16.4. The van der Waals surface area contributed by atoms with Crippen molar-refractivity contribution in [1.29, 1.82) is 0 Å². The van der Waals surface area contributed by atoms with E-state index >= 15 is 0 Å². The fraction of sp³-hybridized carbons (Fsp3) is 0.462. The fourth-order valence-electron chi connectivity index (χ4n) is 4.22. The fourth-order valence-corrected chi connectivity index (χ4v) is 5.92. The van der Waals surface area contributed by atoms with Gasteiger partial charge in [0.05, 0.1) is 10.3 Å². The summed E-state index contributed by atoms with van der Waals surface area (Å²) < 4.78 is 2.08. The van der Waals surface area contributed by atoms with Crippen molar-refractivity contribution in [2.45, 2.75) is 44.8 Å². The lowest BCUT2D eigenvalue weighted by Gasteiger charge is -2.42. The molecule has 1 fully saturated rings. The quantitative estimate of drug-likeness (QED) is 0.210. The number of hydrogen-bond acceptors (Lipinski definition) is 6. The Bertz CT molecular complexity index is 1170. The summed E-state index contributed by atoms with van der Waals surface area (Å²) in [7, 11) is 0. The third-order valence-corrected chi connectivity index (χ3v) is 8.86. The van der Waals surface area contributed by atoms with E-state index in [1.807, 2.05) is 78.4 Å². The average Bonchev–Trinajstić information content (AvgIpc) is 3.56. The van der Waals surface area contributed by atoms with Gasteiger partial charge >= 0.3 is 0 Å². The molecular weight excluding hydrogens is 514 g/mol. The lowest BCUT2D eigenvalue weighted by molar-refractivity contribution is -0.148. The van der Waals surface area contributed by atoms with Crippen LogP contribution in [0.4, 0.5) is 0 Å². The Hall–Kier alpha value is -2.36.